The first-order valence-corrected chi connectivity index (χ1v) is 8.45. The van der Waals surface area contributed by atoms with Crippen LogP contribution >= 0.6 is 22.5 Å². The summed E-state index contributed by atoms with van der Waals surface area (Å²) < 4.78 is 0. The summed E-state index contributed by atoms with van der Waals surface area (Å²) >= 11 is 4.17. The number of carboxylic acid groups (broad SMARTS) is 1. The molecule has 1 atom stereocenters. The minimum absolute atomic E-state index is 0.0549. The predicted octanol–water partition coefficient (Wildman–Crippen LogP) is 2.41. The van der Waals surface area contributed by atoms with Gasteiger partial charge in [-0.3, -0.25) is 0 Å². The lowest BCUT2D eigenvalue weighted by Crippen LogP contribution is -2.26. The summed E-state index contributed by atoms with van der Waals surface area (Å²) in [4.78, 5) is 18.6. The number of aromatic carboxylic acids is 1. The van der Waals surface area contributed by atoms with Crippen LogP contribution in [-0.2, 0) is 0 Å². The molecule has 0 radical (unpaired) electrons. The van der Waals surface area contributed by atoms with E-state index in [1.165, 1.54) is 10.8 Å². The number of fused-ring (bicyclic) bond motifs is 1. The third-order valence-electron chi connectivity index (χ3n) is 3.65. The fourth-order valence-electron chi connectivity index (χ4n) is 2.62. The van der Waals surface area contributed by atoms with Crippen molar-refractivity contribution in [3.8, 4) is 0 Å². The number of aromatic nitrogens is 1. The Kier molecular flexibility index (Phi) is 3.97. The molecule has 7 heteroatoms. The number of hydrogen-bond donors (Lipinski definition) is 3. The Bertz CT molecular complexity index is 708. The molecule has 3 N–H and O–H groups in total. The summed E-state index contributed by atoms with van der Waals surface area (Å²) in [6, 6.07) is 7.55. The van der Waals surface area contributed by atoms with Crippen molar-refractivity contribution in [2.24, 2.45) is 5.73 Å². The second kappa shape index (κ2) is 5.75. The van der Waals surface area contributed by atoms with Gasteiger partial charge >= 0.3 is 5.97 Å². The maximum Gasteiger partial charge on any atom is 0.354 e. The third kappa shape index (κ3) is 2.81. The fourth-order valence-corrected chi connectivity index (χ4v) is 3.26. The number of pyridine rings is 1. The molecule has 0 aliphatic carbocycles. The van der Waals surface area contributed by atoms with E-state index < -0.39 is 5.97 Å². The maximum atomic E-state index is 11.3. The zero-order valence-corrected chi connectivity index (χ0v) is 12.9. The highest BCUT2D eigenvalue weighted by molar-refractivity contribution is 8.68. The number of benzene rings is 1. The summed E-state index contributed by atoms with van der Waals surface area (Å²) in [5.74, 6) is -1.02. The summed E-state index contributed by atoms with van der Waals surface area (Å²) in [7, 11) is 1.31. The number of carboxylic acids is 1. The molecule has 3 rings (SSSR count). The molecule has 0 amide bonds. The zero-order valence-electron chi connectivity index (χ0n) is 11.2. The van der Waals surface area contributed by atoms with Crippen LogP contribution in [0, 0.1) is 0 Å². The van der Waals surface area contributed by atoms with Gasteiger partial charge in [0.15, 0.2) is 5.69 Å². The third-order valence-corrected chi connectivity index (χ3v) is 4.75. The molecule has 0 spiro atoms. The standard InChI is InChI=1S/C14H15N3O2S2/c15-8-3-4-17(7-8)13-6-12(14(18)19)16-11-5-9(21-20)1-2-10(11)13/h1-2,5-6,8,20H,3-4,7,15H2,(H,18,19). The van der Waals surface area contributed by atoms with Gasteiger partial charge in [0.25, 0.3) is 0 Å². The lowest BCUT2D eigenvalue weighted by Gasteiger charge is -2.20. The van der Waals surface area contributed by atoms with Crippen LogP contribution < -0.4 is 10.6 Å². The second-order valence-electron chi connectivity index (χ2n) is 5.10. The SMILES string of the molecule is NC1CCN(c2cc(C(=O)O)nc3cc(SS)ccc23)C1. The summed E-state index contributed by atoms with van der Waals surface area (Å²) in [6.45, 7) is 1.57. The first kappa shape index (κ1) is 14.5. The van der Waals surface area contributed by atoms with E-state index in [1.54, 1.807) is 6.07 Å². The topological polar surface area (TPSA) is 79.5 Å². The van der Waals surface area contributed by atoms with Crippen molar-refractivity contribution >= 4 is 45.0 Å². The fraction of sp³-hybridized carbons (Fsp3) is 0.286. The number of nitrogens with two attached hydrogens (primary N) is 1. The Labute approximate surface area is 131 Å². The van der Waals surface area contributed by atoms with E-state index in [9.17, 15) is 9.90 Å². The highest BCUT2D eigenvalue weighted by Crippen LogP contribution is 2.32. The molecule has 21 heavy (non-hydrogen) atoms. The highest BCUT2D eigenvalue weighted by Gasteiger charge is 2.22. The van der Waals surface area contributed by atoms with Crippen molar-refractivity contribution in [3.05, 3.63) is 30.0 Å². The Morgan fingerprint density at radius 1 is 1.48 bits per heavy atom. The zero-order chi connectivity index (χ0) is 15.0. The van der Waals surface area contributed by atoms with Gasteiger partial charge in [-0.25, -0.2) is 9.78 Å². The number of thiol groups is 1. The number of rotatable bonds is 3. The van der Waals surface area contributed by atoms with Gasteiger partial charge in [0.05, 0.1) is 5.52 Å². The van der Waals surface area contributed by atoms with E-state index in [2.05, 4.69) is 21.5 Å². The summed E-state index contributed by atoms with van der Waals surface area (Å²) in [6.07, 6.45) is 0.913. The van der Waals surface area contributed by atoms with Crippen LogP contribution in [0.3, 0.4) is 0 Å². The molecule has 1 unspecified atom stereocenters. The maximum absolute atomic E-state index is 11.3. The van der Waals surface area contributed by atoms with Crippen LogP contribution in [0.4, 0.5) is 5.69 Å². The average Bonchev–Trinajstić information content (AvgIpc) is 2.91. The lowest BCUT2D eigenvalue weighted by molar-refractivity contribution is 0.0691. The molecule has 5 nitrogen and oxygen atoms in total. The molecular formula is C14H15N3O2S2. The summed E-state index contributed by atoms with van der Waals surface area (Å²) in [5.41, 5.74) is 7.58. The monoisotopic (exact) mass is 321 g/mol. The van der Waals surface area contributed by atoms with Crippen LogP contribution in [0.2, 0.25) is 0 Å². The molecule has 110 valence electrons. The predicted molar refractivity (Wildman–Crippen MR) is 88.4 cm³/mol. The van der Waals surface area contributed by atoms with Gasteiger partial charge in [0.2, 0.25) is 0 Å². The Morgan fingerprint density at radius 3 is 2.90 bits per heavy atom. The molecule has 1 fully saturated rings. The Balaban J connectivity index is 2.18. The summed E-state index contributed by atoms with van der Waals surface area (Å²) in [5, 5.41) is 10.2. The normalized spacial score (nSPS) is 18.4. The molecule has 0 saturated carbocycles. The van der Waals surface area contributed by atoms with Gasteiger partial charge in [0, 0.05) is 35.1 Å². The van der Waals surface area contributed by atoms with E-state index in [-0.39, 0.29) is 11.7 Å². The molecule has 1 aromatic heterocycles. The van der Waals surface area contributed by atoms with E-state index >= 15 is 0 Å². The molecule has 1 saturated heterocycles. The first-order chi connectivity index (χ1) is 10.1. The number of anilines is 1. The van der Waals surface area contributed by atoms with Crippen molar-refractivity contribution in [1.29, 1.82) is 0 Å². The molecule has 1 aromatic carbocycles. The van der Waals surface area contributed by atoms with Crippen molar-refractivity contribution in [2.75, 3.05) is 18.0 Å². The molecule has 1 aliphatic rings. The van der Waals surface area contributed by atoms with Crippen molar-refractivity contribution in [2.45, 2.75) is 17.4 Å². The van der Waals surface area contributed by atoms with E-state index in [1.807, 2.05) is 18.2 Å². The molecule has 2 aromatic rings. The van der Waals surface area contributed by atoms with Crippen LogP contribution in [0.1, 0.15) is 16.9 Å². The van der Waals surface area contributed by atoms with Crippen molar-refractivity contribution in [3.63, 3.8) is 0 Å². The number of hydrogen-bond acceptors (Lipinski definition) is 6. The van der Waals surface area contributed by atoms with E-state index in [0.29, 0.717) is 5.52 Å². The van der Waals surface area contributed by atoms with Crippen LogP contribution in [-0.4, -0.2) is 35.2 Å². The second-order valence-corrected chi connectivity index (χ2v) is 6.30. The lowest BCUT2D eigenvalue weighted by atomic mass is 10.1. The van der Waals surface area contributed by atoms with Gasteiger partial charge < -0.3 is 15.7 Å². The van der Waals surface area contributed by atoms with Crippen molar-refractivity contribution in [1.82, 2.24) is 4.98 Å². The van der Waals surface area contributed by atoms with Crippen LogP contribution in [0.15, 0.2) is 29.2 Å². The van der Waals surface area contributed by atoms with Gasteiger partial charge in [0.1, 0.15) is 0 Å². The quantitative estimate of drug-likeness (QED) is 0.595. The Morgan fingerprint density at radius 2 is 2.29 bits per heavy atom. The molecule has 2 heterocycles. The minimum atomic E-state index is -1.02. The van der Waals surface area contributed by atoms with Gasteiger partial charge in [-0.15, -0.1) is 11.7 Å². The smallest absolute Gasteiger partial charge is 0.354 e. The van der Waals surface area contributed by atoms with Gasteiger partial charge in [-0.1, -0.05) is 10.8 Å². The molecular weight excluding hydrogens is 306 g/mol. The number of carbonyl (C=O) groups is 1. The highest BCUT2D eigenvalue weighted by atomic mass is 33.1. The van der Waals surface area contributed by atoms with Crippen molar-refractivity contribution < 1.29 is 9.90 Å². The van der Waals surface area contributed by atoms with Gasteiger partial charge in [-0.05, 0) is 30.7 Å². The van der Waals surface area contributed by atoms with Crippen LogP contribution in [0.5, 0.6) is 0 Å². The molecule has 1 aliphatic heterocycles. The van der Waals surface area contributed by atoms with Crippen LogP contribution in [0.25, 0.3) is 10.9 Å². The van der Waals surface area contributed by atoms with E-state index in [0.717, 1.165) is 35.5 Å². The van der Waals surface area contributed by atoms with E-state index in [4.69, 9.17) is 5.73 Å². The number of nitrogens with zero attached hydrogens (tertiary/aromatic N) is 2. The molecule has 0 bridgehead atoms. The minimum Gasteiger partial charge on any atom is -0.477 e. The Hall–Kier alpha value is -1.44. The van der Waals surface area contributed by atoms with Gasteiger partial charge in [-0.2, -0.15) is 0 Å². The average molecular weight is 321 g/mol. The largest absolute Gasteiger partial charge is 0.477 e. The first-order valence-electron chi connectivity index (χ1n) is 6.58.